The van der Waals surface area contributed by atoms with Gasteiger partial charge in [0.2, 0.25) is 5.78 Å². The molecule has 0 saturated heterocycles. The number of nitrogens with zero attached hydrogens (tertiary/aromatic N) is 2. The van der Waals surface area contributed by atoms with Gasteiger partial charge in [-0.2, -0.15) is 0 Å². The standard InChI is InChI=1S/C11H10N2O4S2/c1-7-8(4-5-17-13(15)16)19-11(12-7)10(14)9-3-2-6-18-9/h2-3,6H,4-5H2,1H3. The topological polar surface area (TPSA) is 82.3 Å². The Hall–Kier alpha value is -1.80. The Kier molecular flexibility index (Phi) is 4.23. The van der Waals surface area contributed by atoms with E-state index in [0.717, 1.165) is 10.6 Å². The van der Waals surface area contributed by atoms with Crippen LogP contribution in [0.25, 0.3) is 0 Å². The van der Waals surface area contributed by atoms with Crippen LogP contribution in [0.5, 0.6) is 0 Å². The third-order valence-corrected chi connectivity index (χ3v) is 4.44. The molecule has 0 aliphatic heterocycles. The van der Waals surface area contributed by atoms with Crippen molar-refractivity contribution in [3.63, 3.8) is 0 Å². The summed E-state index contributed by atoms with van der Waals surface area (Å²) in [6, 6.07) is 3.56. The summed E-state index contributed by atoms with van der Waals surface area (Å²) in [5.41, 5.74) is 0.719. The van der Waals surface area contributed by atoms with Gasteiger partial charge >= 0.3 is 0 Å². The Bertz CT molecular complexity index is 592. The molecule has 0 amide bonds. The van der Waals surface area contributed by atoms with Gasteiger partial charge < -0.3 is 4.84 Å². The first-order chi connectivity index (χ1) is 9.08. The summed E-state index contributed by atoms with van der Waals surface area (Å²) >= 11 is 2.63. The summed E-state index contributed by atoms with van der Waals surface area (Å²) < 4.78 is 0. The highest BCUT2D eigenvalue weighted by Gasteiger charge is 2.17. The van der Waals surface area contributed by atoms with E-state index in [4.69, 9.17) is 0 Å². The zero-order valence-electron chi connectivity index (χ0n) is 9.99. The van der Waals surface area contributed by atoms with E-state index in [0.29, 0.717) is 16.3 Å². The number of aromatic nitrogens is 1. The number of ketones is 1. The van der Waals surface area contributed by atoms with Crippen LogP contribution in [0.15, 0.2) is 17.5 Å². The van der Waals surface area contributed by atoms with Gasteiger partial charge in [-0.1, -0.05) is 6.07 Å². The first kappa shape index (κ1) is 13.6. The highest BCUT2D eigenvalue weighted by atomic mass is 32.1. The molecule has 0 bridgehead atoms. The molecule has 0 spiro atoms. The monoisotopic (exact) mass is 298 g/mol. The average Bonchev–Trinajstić information content (AvgIpc) is 2.98. The van der Waals surface area contributed by atoms with E-state index in [1.165, 1.54) is 22.7 Å². The molecule has 2 rings (SSSR count). The van der Waals surface area contributed by atoms with E-state index >= 15 is 0 Å². The zero-order valence-corrected chi connectivity index (χ0v) is 11.6. The van der Waals surface area contributed by atoms with E-state index in [9.17, 15) is 14.9 Å². The van der Waals surface area contributed by atoms with Crippen LogP contribution in [0, 0.1) is 17.0 Å². The molecule has 0 aliphatic rings. The van der Waals surface area contributed by atoms with Crippen LogP contribution in [-0.2, 0) is 11.3 Å². The molecule has 8 heteroatoms. The van der Waals surface area contributed by atoms with E-state index in [1.54, 1.807) is 13.0 Å². The number of carbonyl (C=O) groups excluding carboxylic acids is 1. The number of aryl methyl sites for hydroxylation is 1. The molecule has 2 aromatic heterocycles. The molecule has 0 atom stereocenters. The van der Waals surface area contributed by atoms with Gasteiger partial charge in [0.1, 0.15) is 6.61 Å². The molecule has 100 valence electrons. The van der Waals surface area contributed by atoms with Crippen LogP contribution < -0.4 is 0 Å². The molecular weight excluding hydrogens is 288 g/mol. The van der Waals surface area contributed by atoms with Crippen molar-refractivity contribution in [3.05, 3.63) is 48.1 Å². The van der Waals surface area contributed by atoms with Crippen molar-refractivity contribution in [1.29, 1.82) is 0 Å². The van der Waals surface area contributed by atoms with Crippen LogP contribution in [0.2, 0.25) is 0 Å². The maximum atomic E-state index is 12.1. The lowest BCUT2D eigenvalue weighted by Crippen LogP contribution is -2.04. The van der Waals surface area contributed by atoms with Crippen molar-refractivity contribution in [2.75, 3.05) is 6.61 Å². The van der Waals surface area contributed by atoms with E-state index in [-0.39, 0.29) is 12.4 Å². The molecule has 0 aliphatic carbocycles. The molecule has 0 saturated carbocycles. The number of hydrogen-bond donors (Lipinski definition) is 0. The van der Waals surface area contributed by atoms with Crippen LogP contribution in [0.1, 0.15) is 25.3 Å². The molecule has 2 heterocycles. The summed E-state index contributed by atoms with van der Waals surface area (Å²) in [7, 11) is 0. The van der Waals surface area contributed by atoms with Gasteiger partial charge in [-0.25, -0.2) is 4.98 Å². The summed E-state index contributed by atoms with van der Waals surface area (Å²) in [4.78, 5) is 32.1. The first-order valence-electron chi connectivity index (χ1n) is 5.39. The fourth-order valence-corrected chi connectivity index (χ4v) is 3.21. The molecular formula is C11H10N2O4S2. The maximum absolute atomic E-state index is 12.1. The fraction of sp³-hybridized carbons (Fsp3) is 0.273. The Morgan fingerprint density at radius 1 is 1.58 bits per heavy atom. The van der Waals surface area contributed by atoms with Crippen molar-refractivity contribution >= 4 is 28.5 Å². The minimum Gasteiger partial charge on any atom is -0.314 e. The Morgan fingerprint density at radius 2 is 2.37 bits per heavy atom. The third-order valence-electron chi connectivity index (χ3n) is 2.36. The summed E-state index contributed by atoms with van der Waals surface area (Å²) in [5.74, 6) is -0.107. The number of carbonyl (C=O) groups is 1. The van der Waals surface area contributed by atoms with E-state index in [2.05, 4.69) is 9.82 Å². The molecule has 0 radical (unpaired) electrons. The summed E-state index contributed by atoms with van der Waals surface area (Å²) in [6.45, 7) is 1.76. The van der Waals surface area contributed by atoms with Crippen LogP contribution in [0.3, 0.4) is 0 Å². The minimum absolute atomic E-state index is 0.0251. The van der Waals surface area contributed by atoms with E-state index < -0.39 is 5.09 Å². The second-order valence-electron chi connectivity index (χ2n) is 3.64. The molecule has 0 aromatic carbocycles. The second kappa shape index (κ2) is 5.89. The highest BCUT2D eigenvalue weighted by molar-refractivity contribution is 7.16. The Balaban J connectivity index is 2.08. The quantitative estimate of drug-likeness (QED) is 0.465. The lowest BCUT2D eigenvalue weighted by atomic mass is 10.3. The predicted octanol–water partition coefficient (Wildman–Crippen LogP) is 2.49. The minimum atomic E-state index is -0.825. The lowest BCUT2D eigenvalue weighted by Gasteiger charge is -1.96. The number of hydrogen-bond acceptors (Lipinski definition) is 7. The molecule has 19 heavy (non-hydrogen) atoms. The van der Waals surface area contributed by atoms with Crippen LogP contribution in [0.4, 0.5) is 0 Å². The van der Waals surface area contributed by atoms with Crippen molar-refractivity contribution in [1.82, 2.24) is 4.98 Å². The van der Waals surface area contributed by atoms with Crippen molar-refractivity contribution in [3.8, 4) is 0 Å². The number of rotatable bonds is 6. The van der Waals surface area contributed by atoms with Gasteiger partial charge in [-0.05, 0) is 18.4 Å². The molecule has 0 unspecified atom stereocenters. The van der Waals surface area contributed by atoms with E-state index in [1.807, 2.05) is 11.4 Å². The fourth-order valence-electron chi connectivity index (χ4n) is 1.48. The largest absolute Gasteiger partial charge is 0.314 e. The van der Waals surface area contributed by atoms with Gasteiger partial charge in [0.15, 0.2) is 5.01 Å². The van der Waals surface area contributed by atoms with Gasteiger partial charge in [0, 0.05) is 11.3 Å². The second-order valence-corrected chi connectivity index (χ2v) is 5.67. The highest BCUT2D eigenvalue weighted by Crippen LogP contribution is 2.23. The Morgan fingerprint density at radius 3 is 3.00 bits per heavy atom. The van der Waals surface area contributed by atoms with Gasteiger partial charge in [0.05, 0.1) is 10.6 Å². The molecule has 2 aromatic rings. The summed E-state index contributed by atoms with van der Waals surface area (Å²) in [5, 5.41) is 11.5. The predicted molar refractivity (Wildman–Crippen MR) is 71.3 cm³/mol. The van der Waals surface area contributed by atoms with Crippen molar-refractivity contribution in [2.45, 2.75) is 13.3 Å². The summed E-state index contributed by atoms with van der Waals surface area (Å²) in [6.07, 6.45) is 0.377. The van der Waals surface area contributed by atoms with Crippen LogP contribution in [-0.4, -0.2) is 22.5 Å². The van der Waals surface area contributed by atoms with Gasteiger partial charge in [0.25, 0.3) is 5.09 Å². The number of thiophene rings is 1. The maximum Gasteiger partial charge on any atom is 0.294 e. The molecule has 6 nitrogen and oxygen atoms in total. The van der Waals surface area contributed by atoms with Crippen molar-refractivity contribution in [2.24, 2.45) is 0 Å². The smallest absolute Gasteiger partial charge is 0.294 e. The Labute approximate surface area is 116 Å². The SMILES string of the molecule is Cc1nc(C(=O)c2cccs2)sc1CCO[N+](=O)[O-]. The molecule has 0 fully saturated rings. The average molecular weight is 298 g/mol. The van der Waals surface area contributed by atoms with Gasteiger partial charge in [-0.3, -0.25) is 4.79 Å². The normalized spacial score (nSPS) is 10.4. The first-order valence-corrected chi connectivity index (χ1v) is 7.09. The lowest BCUT2D eigenvalue weighted by molar-refractivity contribution is -0.757. The van der Waals surface area contributed by atoms with Gasteiger partial charge in [-0.15, -0.1) is 32.8 Å². The molecule has 0 N–H and O–H groups in total. The number of thiazole rings is 1. The van der Waals surface area contributed by atoms with Crippen LogP contribution >= 0.6 is 22.7 Å². The van der Waals surface area contributed by atoms with Crippen molar-refractivity contribution < 1.29 is 14.7 Å². The third kappa shape index (κ3) is 3.36. The zero-order chi connectivity index (χ0) is 13.8.